The summed E-state index contributed by atoms with van der Waals surface area (Å²) in [5, 5.41) is 9.38. The van der Waals surface area contributed by atoms with Crippen molar-refractivity contribution in [2.75, 3.05) is 0 Å². The molecule has 0 spiro atoms. The van der Waals surface area contributed by atoms with Crippen LogP contribution in [0.25, 0.3) is 11.3 Å². The molecule has 0 saturated carbocycles. The molecular formula is C12H5Cl5FNO. The van der Waals surface area contributed by atoms with Crippen molar-refractivity contribution in [3.63, 3.8) is 0 Å². The molecule has 1 heterocycles. The Hall–Kier alpha value is -0.290. The van der Waals surface area contributed by atoms with Gasteiger partial charge in [-0.1, -0.05) is 58.0 Å². The molecular weight excluding hydrogens is 370 g/mol. The van der Waals surface area contributed by atoms with E-state index in [-0.39, 0.29) is 41.9 Å². The first-order valence-electron chi connectivity index (χ1n) is 5.15. The fraction of sp³-hybridized carbons (Fsp3) is 0.0833. The highest BCUT2D eigenvalue weighted by atomic mass is 35.5. The summed E-state index contributed by atoms with van der Waals surface area (Å²) in [7, 11) is 0. The topological polar surface area (TPSA) is 33.1 Å². The highest BCUT2D eigenvalue weighted by molar-refractivity contribution is 6.56. The Labute approximate surface area is 139 Å². The van der Waals surface area contributed by atoms with Gasteiger partial charge in [0, 0.05) is 11.1 Å². The van der Waals surface area contributed by atoms with Crippen LogP contribution in [0.15, 0.2) is 12.3 Å². The average Bonchev–Trinajstić information content (AvgIpc) is 2.44. The molecule has 0 aliphatic heterocycles. The van der Waals surface area contributed by atoms with E-state index in [4.69, 9.17) is 58.0 Å². The van der Waals surface area contributed by atoms with E-state index in [0.29, 0.717) is 0 Å². The number of rotatable bonds is 2. The first kappa shape index (κ1) is 16.1. The molecule has 106 valence electrons. The van der Waals surface area contributed by atoms with Gasteiger partial charge < -0.3 is 5.11 Å². The van der Waals surface area contributed by atoms with Crippen molar-refractivity contribution in [1.82, 2.24) is 4.98 Å². The van der Waals surface area contributed by atoms with Crippen LogP contribution in [0.5, 0.6) is 0 Å². The number of hydrogen-bond acceptors (Lipinski definition) is 2. The molecule has 8 heteroatoms. The number of nitrogens with zero attached hydrogens (tertiary/aromatic N) is 1. The number of aliphatic hydroxyl groups excluding tert-OH is 1. The summed E-state index contributed by atoms with van der Waals surface area (Å²) in [6, 6.07) is 1.12. The lowest BCUT2D eigenvalue weighted by atomic mass is 10.1. The zero-order valence-electron chi connectivity index (χ0n) is 9.52. The average molecular weight is 375 g/mol. The Morgan fingerprint density at radius 3 is 1.95 bits per heavy atom. The summed E-state index contributed by atoms with van der Waals surface area (Å²) in [5.41, 5.74) is 0.574. The quantitative estimate of drug-likeness (QED) is 0.544. The second-order valence-electron chi connectivity index (χ2n) is 3.76. The SMILES string of the molecule is OCc1cc(F)cnc1-c1c(Cl)c(Cl)c(Cl)c(Cl)c1Cl. The number of halogens is 6. The van der Waals surface area contributed by atoms with Crippen molar-refractivity contribution in [1.29, 1.82) is 0 Å². The zero-order valence-corrected chi connectivity index (χ0v) is 13.3. The van der Waals surface area contributed by atoms with Gasteiger partial charge in [0.15, 0.2) is 0 Å². The predicted octanol–water partition coefficient (Wildman–Crippen LogP) is 5.65. The van der Waals surface area contributed by atoms with E-state index in [1.165, 1.54) is 0 Å². The van der Waals surface area contributed by atoms with Crippen LogP contribution in [0.3, 0.4) is 0 Å². The molecule has 20 heavy (non-hydrogen) atoms. The summed E-state index contributed by atoms with van der Waals surface area (Å²) < 4.78 is 13.2. The Kier molecular flexibility index (Phi) is 5.00. The Balaban J connectivity index is 2.83. The molecule has 0 aliphatic rings. The second-order valence-corrected chi connectivity index (χ2v) is 5.65. The predicted molar refractivity (Wildman–Crippen MR) is 80.6 cm³/mol. The third-order valence-electron chi connectivity index (χ3n) is 2.55. The van der Waals surface area contributed by atoms with Gasteiger partial charge in [-0.2, -0.15) is 0 Å². The van der Waals surface area contributed by atoms with E-state index in [0.717, 1.165) is 12.3 Å². The Bertz CT molecular complexity index is 663. The summed E-state index contributed by atoms with van der Waals surface area (Å²) in [6.45, 7) is -0.454. The van der Waals surface area contributed by atoms with E-state index in [9.17, 15) is 9.50 Å². The van der Waals surface area contributed by atoms with Gasteiger partial charge in [0.25, 0.3) is 0 Å². The van der Waals surface area contributed by atoms with Crippen LogP contribution in [-0.4, -0.2) is 10.1 Å². The smallest absolute Gasteiger partial charge is 0.141 e. The normalized spacial score (nSPS) is 10.9. The van der Waals surface area contributed by atoms with Gasteiger partial charge in [-0.3, -0.25) is 4.98 Å². The van der Waals surface area contributed by atoms with Crippen molar-refractivity contribution in [3.05, 3.63) is 48.8 Å². The second kappa shape index (κ2) is 6.22. The maximum absolute atomic E-state index is 13.2. The zero-order chi connectivity index (χ0) is 15.0. The van der Waals surface area contributed by atoms with Crippen molar-refractivity contribution in [3.8, 4) is 11.3 Å². The highest BCUT2D eigenvalue weighted by Gasteiger charge is 2.23. The number of benzene rings is 1. The van der Waals surface area contributed by atoms with E-state index < -0.39 is 12.4 Å². The van der Waals surface area contributed by atoms with Gasteiger partial charge in [0.05, 0.1) is 43.6 Å². The molecule has 0 atom stereocenters. The molecule has 0 bridgehead atoms. The summed E-state index contributed by atoms with van der Waals surface area (Å²) in [6.07, 6.45) is 0.970. The minimum absolute atomic E-state index is 0.00717. The molecule has 0 amide bonds. The molecule has 0 fully saturated rings. The third kappa shape index (κ3) is 2.71. The van der Waals surface area contributed by atoms with Gasteiger partial charge >= 0.3 is 0 Å². The molecule has 0 saturated heterocycles. The van der Waals surface area contributed by atoms with Gasteiger partial charge in [0.2, 0.25) is 0 Å². The summed E-state index contributed by atoms with van der Waals surface area (Å²) >= 11 is 30.0. The van der Waals surface area contributed by atoms with Crippen LogP contribution >= 0.6 is 58.0 Å². The maximum Gasteiger partial charge on any atom is 0.141 e. The molecule has 2 aromatic rings. The Morgan fingerprint density at radius 1 is 0.950 bits per heavy atom. The lowest BCUT2D eigenvalue weighted by molar-refractivity contribution is 0.281. The molecule has 1 aromatic carbocycles. The number of aliphatic hydroxyl groups is 1. The van der Waals surface area contributed by atoms with E-state index in [1.54, 1.807) is 0 Å². The molecule has 1 aromatic heterocycles. The van der Waals surface area contributed by atoms with Crippen molar-refractivity contribution < 1.29 is 9.50 Å². The standard InChI is InChI=1S/C12H5Cl5FNO/c13-7-6(8(14)10(16)11(17)9(7)15)12-4(3-20)1-5(18)2-19-12/h1-2,20H,3H2. The van der Waals surface area contributed by atoms with Crippen LogP contribution in [0.2, 0.25) is 25.1 Å². The number of aromatic nitrogens is 1. The molecule has 2 rings (SSSR count). The summed E-state index contributed by atoms with van der Waals surface area (Å²) in [4.78, 5) is 3.89. The lowest BCUT2D eigenvalue weighted by Crippen LogP contribution is -1.97. The first-order valence-corrected chi connectivity index (χ1v) is 7.04. The van der Waals surface area contributed by atoms with Gasteiger partial charge in [-0.05, 0) is 6.07 Å². The fourth-order valence-corrected chi connectivity index (χ4v) is 2.96. The first-order chi connectivity index (χ1) is 9.38. The van der Waals surface area contributed by atoms with Crippen molar-refractivity contribution >= 4 is 58.0 Å². The number of hydrogen-bond donors (Lipinski definition) is 1. The molecule has 1 N–H and O–H groups in total. The fourth-order valence-electron chi connectivity index (χ4n) is 1.64. The molecule has 2 nitrogen and oxygen atoms in total. The van der Waals surface area contributed by atoms with Crippen LogP contribution in [-0.2, 0) is 6.61 Å². The number of pyridine rings is 1. The van der Waals surface area contributed by atoms with Crippen LogP contribution in [0.4, 0.5) is 4.39 Å². The molecule has 0 unspecified atom stereocenters. The van der Waals surface area contributed by atoms with Gasteiger partial charge in [0.1, 0.15) is 5.82 Å². The van der Waals surface area contributed by atoms with Crippen molar-refractivity contribution in [2.24, 2.45) is 0 Å². The van der Waals surface area contributed by atoms with E-state index in [1.807, 2.05) is 0 Å². The lowest BCUT2D eigenvalue weighted by Gasteiger charge is -2.14. The monoisotopic (exact) mass is 373 g/mol. The largest absolute Gasteiger partial charge is 0.392 e. The molecule has 0 aliphatic carbocycles. The third-order valence-corrected chi connectivity index (χ3v) is 4.83. The van der Waals surface area contributed by atoms with Crippen LogP contribution in [0.1, 0.15) is 5.56 Å². The van der Waals surface area contributed by atoms with Crippen LogP contribution < -0.4 is 0 Å². The maximum atomic E-state index is 13.2. The minimum Gasteiger partial charge on any atom is -0.392 e. The van der Waals surface area contributed by atoms with E-state index in [2.05, 4.69) is 4.98 Å². The summed E-state index contributed by atoms with van der Waals surface area (Å²) in [5.74, 6) is -0.601. The highest BCUT2D eigenvalue weighted by Crippen LogP contribution is 2.48. The van der Waals surface area contributed by atoms with Gasteiger partial charge in [-0.25, -0.2) is 4.39 Å². The van der Waals surface area contributed by atoms with Crippen LogP contribution in [0, 0.1) is 5.82 Å². The van der Waals surface area contributed by atoms with Gasteiger partial charge in [-0.15, -0.1) is 0 Å². The van der Waals surface area contributed by atoms with Crippen molar-refractivity contribution in [2.45, 2.75) is 6.61 Å². The molecule has 0 radical (unpaired) electrons. The van der Waals surface area contributed by atoms with E-state index >= 15 is 0 Å². The minimum atomic E-state index is -0.601. The Morgan fingerprint density at radius 2 is 1.45 bits per heavy atom.